The maximum absolute atomic E-state index is 5.30. The zero-order valence-electron chi connectivity index (χ0n) is 12.5. The Labute approximate surface area is 120 Å². The van der Waals surface area contributed by atoms with Gasteiger partial charge in [0.2, 0.25) is 0 Å². The van der Waals surface area contributed by atoms with Crippen molar-refractivity contribution >= 4 is 5.96 Å². The van der Waals surface area contributed by atoms with Gasteiger partial charge in [0, 0.05) is 26.2 Å². The Balaban J connectivity index is 1.55. The summed E-state index contributed by atoms with van der Waals surface area (Å²) in [4.78, 5) is 6.79. The molecule has 1 aliphatic heterocycles. The van der Waals surface area contributed by atoms with Crippen molar-refractivity contribution in [2.45, 2.75) is 45.6 Å². The summed E-state index contributed by atoms with van der Waals surface area (Å²) in [6.45, 7) is 5.01. The zero-order valence-corrected chi connectivity index (χ0v) is 12.5. The lowest BCUT2D eigenvalue weighted by Gasteiger charge is -2.38. The first-order valence-corrected chi connectivity index (χ1v) is 7.65. The van der Waals surface area contributed by atoms with Crippen molar-refractivity contribution in [1.29, 1.82) is 0 Å². The minimum atomic E-state index is 0.596. The van der Waals surface area contributed by atoms with Crippen LogP contribution in [0.3, 0.4) is 0 Å². The van der Waals surface area contributed by atoms with Crippen LogP contribution in [0.1, 0.15) is 44.1 Å². The van der Waals surface area contributed by atoms with Gasteiger partial charge in [-0.2, -0.15) is 0 Å². The largest absolute Gasteiger partial charge is 0.359 e. The fourth-order valence-corrected chi connectivity index (χ4v) is 3.30. The van der Waals surface area contributed by atoms with E-state index >= 15 is 0 Å². The number of aryl methyl sites for hydroxylation is 1. The maximum Gasteiger partial charge on any atom is 0.194 e. The summed E-state index contributed by atoms with van der Waals surface area (Å²) >= 11 is 0. The van der Waals surface area contributed by atoms with Gasteiger partial charge < -0.3 is 14.7 Å². The highest BCUT2D eigenvalue weighted by atomic mass is 16.5. The van der Waals surface area contributed by atoms with Crippen LogP contribution in [0.15, 0.2) is 15.6 Å². The number of nitrogens with one attached hydrogen (secondary N) is 1. The molecule has 0 unspecified atom stereocenters. The second kappa shape index (κ2) is 5.46. The number of aliphatic imine (C=N–C) groups is 1. The summed E-state index contributed by atoms with van der Waals surface area (Å²) in [6, 6.07) is 2.01. The normalized spacial score (nSPS) is 21.3. The van der Waals surface area contributed by atoms with Crippen LogP contribution >= 0.6 is 0 Å². The minimum absolute atomic E-state index is 0.596. The number of rotatable bonds is 3. The van der Waals surface area contributed by atoms with Gasteiger partial charge in [-0.05, 0) is 31.1 Å². The standard InChI is InChI=1S/C15H24N4O/c1-3-12-9-13(20-18-12)10-17-14(16-2)19-8-7-15(11-19)5-4-6-15/h9H,3-8,10-11H2,1-2H3,(H,16,17). The van der Waals surface area contributed by atoms with Gasteiger partial charge in [0.15, 0.2) is 11.7 Å². The molecule has 0 radical (unpaired) electrons. The number of nitrogens with zero attached hydrogens (tertiary/aromatic N) is 3. The maximum atomic E-state index is 5.30. The van der Waals surface area contributed by atoms with Crippen molar-refractivity contribution in [3.8, 4) is 0 Å². The molecule has 2 aliphatic rings. The summed E-state index contributed by atoms with van der Waals surface area (Å²) in [5.74, 6) is 1.86. The first-order valence-electron chi connectivity index (χ1n) is 7.65. The van der Waals surface area contributed by atoms with Crippen molar-refractivity contribution in [2.75, 3.05) is 20.1 Å². The van der Waals surface area contributed by atoms with Gasteiger partial charge >= 0.3 is 0 Å². The summed E-state index contributed by atoms with van der Waals surface area (Å²) < 4.78 is 5.30. The lowest BCUT2D eigenvalue weighted by Crippen LogP contribution is -2.42. The Bertz CT molecular complexity index is 490. The molecule has 1 aliphatic carbocycles. The van der Waals surface area contributed by atoms with Gasteiger partial charge in [-0.25, -0.2) is 0 Å². The van der Waals surface area contributed by atoms with Crippen LogP contribution in [-0.4, -0.2) is 36.2 Å². The van der Waals surface area contributed by atoms with Crippen LogP contribution in [0.5, 0.6) is 0 Å². The SMILES string of the molecule is CCc1cc(CNC(=NC)N2CCC3(CCC3)C2)on1. The summed E-state index contributed by atoms with van der Waals surface area (Å²) in [7, 11) is 1.85. The van der Waals surface area contributed by atoms with Gasteiger partial charge in [-0.15, -0.1) is 0 Å². The smallest absolute Gasteiger partial charge is 0.194 e. The molecule has 1 aromatic rings. The quantitative estimate of drug-likeness (QED) is 0.679. The van der Waals surface area contributed by atoms with Gasteiger partial charge in [-0.3, -0.25) is 4.99 Å². The van der Waals surface area contributed by atoms with E-state index in [1.807, 2.05) is 13.1 Å². The van der Waals surface area contributed by atoms with Gasteiger partial charge in [0.1, 0.15) is 0 Å². The molecular weight excluding hydrogens is 252 g/mol. The second-order valence-corrected chi connectivity index (χ2v) is 6.06. The van der Waals surface area contributed by atoms with E-state index in [1.165, 1.54) is 25.7 Å². The molecule has 1 saturated heterocycles. The molecule has 1 N–H and O–H groups in total. The second-order valence-electron chi connectivity index (χ2n) is 6.06. The van der Waals surface area contributed by atoms with E-state index in [0.717, 1.165) is 36.9 Å². The molecule has 0 bridgehead atoms. The number of hydrogen-bond donors (Lipinski definition) is 1. The molecule has 5 heteroatoms. The molecule has 2 heterocycles. The zero-order chi connectivity index (χ0) is 14.0. The fourth-order valence-electron chi connectivity index (χ4n) is 3.30. The highest BCUT2D eigenvalue weighted by Crippen LogP contribution is 2.47. The first-order chi connectivity index (χ1) is 9.74. The molecule has 3 rings (SSSR count). The van der Waals surface area contributed by atoms with E-state index in [0.29, 0.717) is 12.0 Å². The third kappa shape index (κ3) is 2.53. The van der Waals surface area contributed by atoms with E-state index in [-0.39, 0.29) is 0 Å². The van der Waals surface area contributed by atoms with E-state index in [4.69, 9.17) is 4.52 Å². The number of hydrogen-bond acceptors (Lipinski definition) is 3. The Morgan fingerprint density at radius 1 is 1.50 bits per heavy atom. The molecule has 1 aromatic heterocycles. The number of guanidine groups is 1. The first kappa shape index (κ1) is 13.5. The molecule has 0 amide bonds. The van der Waals surface area contributed by atoms with Crippen LogP contribution in [0.2, 0.25) is 0 Å². The van der Waals surface area contributed by atoms with Gasteiger partial charge in [-0.1, -0.05) is 18.5 Å². The Hall–Kier alpha value is -1.52. The fraction of sp³-hybridized carbons (Fsp3) is 0.733. The molecular formula is C15H24N4O. The molecule has 5 nitrogen and oxygen atoms in total. The van der Waals surface area contributed by atoms with Crippen LogP contribution in [-0.2, 0) is 13.0 Å². The predicted octanol–water partition coefficient (Wildman–Crippen LogP) is 2.19. The molecule has 0 atom stereocenters. The topological polar surface area (TPSA) is 53.7 Å². The van der Waals surface area contributed by atoms with Crippen LogP contribution < -0.4 is 5.32 Å². The van der Waals surface area contributed by atoms with E-state index in [9.17, 15) is 0 Å². The minimum Gasteiger partial charge on any atom is -0.359 e. The van der Waals surface area contributed by atoms with E-state index in [1.54, 1.807) is 0 Å². The molecule has 110 valence electrons. The van der Waals surface area contributed by atoms with Gasteiger partial charge in [0.05, 0.1) is 12.2 Å². The summed E-state index contributed by atoms with van der Waals surface area (Å²) in [5.41, 5.74) is 1.60. The Kier molecular flexibility index (Phi) is 3.68. The van der Waals surface area contributed by atoms with Crippen LogP contribution in [0.4, 0.5) is 0 Å². The van der Waals surface area contributed by atoms with Crippen molar-refractivity contribution in [1.82, 2.24) is 15.4 Å². The van der Waals surface area contributed by atoms with Crippen molar-refractivity contribution < 1.29 is 4.52 Å². The molecule has 2 fully saturated rings. The molecule has 0 aromatic carbocycles. The van der Waals surface area contributed by atoms with Crippen LogP contribution in [0, 0.1) is 5.41 Å². The van der Waals surface area contributed by atoms with Crippen LogP contribution in [0.25, 0.3) is 0 Å². The van der Waals surface area contributed by atoms with E-state index in [2.05, 4.69) is 27.3 Å². The summed E-state index contributed by atoms with van der Waals surface area (Å²) in [5, 5.41) is 7.41. The predicted molar refractivity (Wildman–Crippen MR) is 78.6 cm³/mol. The number of aromatic nitrogens is 1. The van der Waals surface area contributed by atoms with Gasteiger partial charge in [0.25, 0.3) is 0 Å². The lowest BCUT2D eigenvalue weighted by molar-refractivity contribution is 0.151. The van der Waals surface area contributed by atoms with Crippen molar-refractivity contribution in [3.63, 3.8) is 0 Å². The Morgan fingerprint density at radius 2 is 2.35 bits per heavy atom. The highest BCUT2D eigenvalue weighted by Gasteiger charge is 2.43. The van der Waals surface area contributed by atoms with Crippen molar-refractivity contribution in [3.05, 3.63) is 17.5 Å². The third-order valence-electron chi connectivity index (χ3n) is 4.75. The third-order valence-corrected chi connectivity index (χ3v) is 4.75. The molecule has 1 spiro atoms. The average Bonchev–Trinajstić information content (AvgIpc) is 3.05. The number of likely N-dealkylation sites (tertiary alicyclic amines) is 1. The Morgan fingerprint density at radius 3 is 2.90 bits per heavy atom. The summed E-state index contributed by atoms with van der Waals surface area (Å²) in [6.07, 6.45) is 6.41. The molecule has 1 saturated carbocycles. The van der Waals surface area contributed by atoms with Crippen molar-refractivity contribution in [2.24, 2.45) is 10.4 Å². The average molecular weight is 276 g/mol. The lowest BCUT2D eigenvalue weighted by atomic mass is 9.68. The monoisotopic (exact) mass is 276 g/mol. The van der Waals surface area contributed by atoms with E-state index < -0.39 is 0 Å². The molecule has 20 heavy (non-hydrogen) atoms. The highest BCUT2D eigenvalue weighted by molar-refractivity contribution is 5.80.